The molecule has 0 fully saturated rings. The van der Waals surface area contributed by atoms with Crippen LogP contribution >= 0.6 is 0 Å². The minimum Gasteiger partial charge on any atom is -0.481 e. The van der Waals surface area contributed by atoms with Crippen LogP contribution in [0.15, 0.2) is 36.7 Å². The molecule has 0 unspecified atom stereocenters. The van der Waals surface area contributed by atoms with Gasteiger partial charge in [-0.1, -0.05) is 0 Å². The van der Waals surface area contributed by atoms with Crippen LogP contribution in [0.3, 0.4) is 0 Å². The van der Waals surface area contributed by atoms with Crippen molar-refractivity contribution in [2.45, 2.75) is 26.3 Å². The maximum atomic E-state index is 12.5. The Kier molecular flexibility index (Phi) is 4.76. The van der Waals surface area contributed by atoms with Crippen LogP contribution in [0.2, 0.25) is 0 Å². The second-order valence-corrected chi connectivity index (χ2v) is 6.91. The Morgan fingerprint density at radius 3 is 2.48 bits per heavy atom. The van der Waals surface area contributed by atoms with Gasteiger partial charge in [-0.05, 0) is 39.0 Å². The van der Waals surface area contributed by atoms with Crippen LogP contribution in [0.5, 0.6) is 5.88 Å². The molecule has 1 amide bonds. The van der Waals surface area contributed by atoms with Crippen molar-refractivity contribution in [1.82, 2.24) is 30.0 Å². The van der Waals surface area contributed by atoms with Crippen molar-refractivity contribution in [2.24, 2.45) is 0 Å². The molecular weight excluding hydrogens is 346 g/mol. The Bertz CT molecular complexity index is 941. The van der Waals surface area contributed by atoms with Gasteiger partial charge in [-0.15, -0.1) is 5.10 Å². The van der Waals surface area contributed by atoms with E-state index in [2.05, 4.69) is 25.4 Å². The van der Waals surface area contributed by atoms with Gasteiger partial charge < -0.3 is 15.8 Å². The van der Waals surface area contributed by atoms with Crippen molar-refractivity contribution in [3.63, 3.8) is 0 Å². The standard InChI is InChI=1S/C18H21N7O2/c1-18(2,3)23-17(26)15-22-16(13-7-5-11(19)9-20-13)25(24-15)12-6-8-14(27-4)21-10-12/h5-10H,19H2,1-4H3,(H,23,26). The number of anilines is 1. The quantitative estimate of drug-likeness (QED) is 0.721. The molecule has 0 aliphatic carbocycles. The summed E-state index contributed by atoms with van der Waals surface area (Å²) in [7, 11) is 1.54. The van der Waals surface area contributed by atoms with E-state index >= 15 is 0 Å². The number of carbonyl (C=O) groups is 1. The lowest BCUT2D eigenvalue weighted by molar-refractivity contribution is 0.0909. The number of nitrogens with one attached hydrogen (secondary N) is 1. The number of methoxy groups -OCH3 is 1. The first kappa shape index (κ1) is 18.3. The number of nitrogens with two attached hydrogens (primary N) is 1. The summed E-state index contributed by atoms with van der Waals surface area (Å²) < 4.78 is 6.60. The van der Waals surface area contributed by atoms with Crippen molar-refractivity contribution in [3.8, 4) is 23.1 Å². The Morgan fingerprint density at radius 2 is 1.93 bits per heavy atom. The SMILES string of the molecule is COc1ccc(-n2nc(C(=O)NC(C)(C)C)nc2-c2ccc(N)cn2)cn1. The van der Waals surface area contributed by atoms with Gasteiger partial charge in [-0.2, -0.15) is 0 Å². The van der Waals surface area contributed by atoms with E-state index in [0.29, 0.717) is 28.8 Å². The van der Waals surface area contributed by atoms with Gasteiger partial charge in [0.05, 0.1) is 30.9 Å². The molecule has 0 aliphatic rings. The van der Waals surface area contributed by atoms with Gasteiger partial charge in [0.25, 0.3) is 5.91 Å². The summed E-state index contributed by atoms with van der Waals surface area (Å²) in [5.74, 6) is 0.534. The molecule has 140 valence electrons. The summed E-state index contributed by atoms with van der Waals surface area (Å²) in [6.45, 7) is 5.66. The molecule has 27 heavy (non-hydrogen) atoms. The first-order valence-electron chi connectivity index (χ1n) is 8.29. The number of nitrogens with zero attached hydrogens (tertiary/aromatic N) is 5. The number of amides is 1. The fraction of sp³-hybridized carbons (Fsp3) is 0.278. The number of rotatable bonds is 4. The molecule has 0 saturated heterocycles. The molecule has 0 aromatic carbocycles. The van der Waals surface area contributed by atoms with Gasteiger partial charge in [0.15, 0.2) is 5.82 Å². The second kappa shape index (κ2) is 7.02. The molecule has 9 heteroatoms. The van der Waals surface area contributed by atoms with E-state index in [4.69, 9.17) is 10.5 Å². The molecule has 0 atom stereocenters. The molecule has 3 aromatic rings. The van der Waals surface area contributed by atoms with E-state index in [-0.39, 0.29) is 11.7 Å². The molecule has 9 nitrogen and oxygen atoms in total. The highest BCUT2D eigenvalue weighted by Gasteiger charge is 2.23. The van der Waals surface area contributed by atoms with Crippen molar-refractivity contribution >= 4 is 11.6 Å². The number of carbonyl (C=O) groups excluding carboxylic acids is 1. The van der Waals surface area contributed by atoms with Crippen molar-refractivity contribution < 1.29 is 9.53 Å². The zero-order valence-corrected chi connectivity index (χ0v) is 15.6. The third kappa shape index (κ3) is 4.20. The number of aromatic nitrogens is 5. The highest BCUT2D eigenvalue weighted by Crippen LogP contribution is 2.21. The van der Waals surface area contributed by atoms with Gasteiger partial charge in [-0.25, -0.2) is 14.6 Å². The third-order valence-electron chi connectivity index (χ3n) is 3.49. The molecule has 0 spiro atoms. The molecule has 0 aliphatic heterocycles. The molecule has 3 rings (SSSR count). The van der Waals surface area contributed by atoms with Crippen LogP contribution in [-0.4, -0.2) is 43.3 Å². The van der Waals surface area contributed by atoms with E-state index in [1.807, 2.05) is 20.8 Å². The largest absolute Gasteiger partial charge is 0.481 e. The van der Waals surface area contributed by atoms with E-state index < -0.39 is 5.54 Å². The summed E-state index contributed by atoms with van der Waals surface area (Å²) in [5, 5.41) is 7.21. The van der Waals surface area contributed by atoms with Crippen LogP contribution < -0.4 is 15.8 Å². The highest BCUT2D eigenvalue weighted by molar-refractivity contribution is 5.91. The van der Waals surface area contributed by atoms with Gasteiger partial charge in [0.1, 0.15) is 5.69 Å². The number of pyridine rings is 2. The van der Waals surface area contributed by atoms with E-state index in [0.717, 1.165) is 0 Å². The Hall–Kier alpha value is -3.49. The van der Waals surface area contributed by atoms with Crippen molar-refractivity contribution in [2.75, 3.05) is 12.8 Å². The first-order valence-corrected chi connectivity index (χ1v) is 8.29. The van der Waals surface area contributed by atoms with Crippen LogP contribution in [-0.2, 0) is 0 Å². The monoisotopic (exact) mass is 367 g/mol. The van der Waals surface area contributed by atoms with Gasteiger partial charge in [0, 0.05) is 11.6 Å². The number of hydrogen-bond acceptors (Lipinski definition) is 7. The van der Waals surface area contributed by atoms with Gasteiger partial charge in [0.2, 0.25) is 11.7 Å². The summed E-state index contributed by atoms with van der Waals surface area (Å²) in [4.78, 5) is 25.4. The lowest BCUT2D eigenvalue weighted by Crippen LogP contribution is -2.41. The second-order valence-electron chi connectivity index (χ2n) is 6.91. The topological polar surface area (TPSA) is 121 Å². The Labute approximate surface area is 156 Å². The van der Waals surface area contributed by atoms with Crippen molar-refractivity contribution in [1.29, 1.82) is 0 Å². The number of nitrogen functional groups attached to an aromatic ring is 1. The molecule has 0 saturated carbocycles. The smallest absolute Gasteiger partial charge is 0.291 e. The van der Waals surface area contributed by atoms with Crippen molar-refractivity contribution in [3.05, 3.63) is 42.5 Å². The molecule has 0 bridgehead atoms. The Balaban J connectivity index is 2.08. The maximum absolute atomic E-state index is 12.5. The van der Waals surface area contributed by atoms with Crippen LogP contribution in [0, 0.1) is 0 Å². The summed E-state index contributed by atoms with van der Waals surface area (Å²) in [6.07, 6.45) is 3.11. The maximum Gasteiger partial charge on any atom is 0.291 e. The average molecular weight is 367 g/mol. The predicted octanol–water partition coefficient (Wildman–Crippen LogP) is 1.84. The van der Waals surface area contributed by atoms with E-state index in [1.54, 1.807) is 30.5 Å². The van der Waals surface area contributed by atoms with Gasteiger partial charge >= 0.3 is 0 Å². The number of ether oxygens (including phenoxy) is 1. The lowest BCUT2D eigenvalue weighted by Gasteiger charge is -2.18. The molecule has 3 N–H and O–H groups in total. The third-order valence-corrected chi connectivity index (χ3v) is 3.49. The lowest BCUT2D eigenvalue weighted by atomic mass is 10.1. The molecule has 3 heterocycles. The fourth-order valence-corrected chi connectivity index (χ4v) is 2.31. The van der Waals surface area contributed by atoms with Gasteiger partial charge in [-0.3, -0.25) is 9.78 Å². The normalized spacial score (nSPS) is 11.3. The van der Waals surface area contributed by atoms with Crippen LogP contribution in [0.25, 0.3) is 17.2 Å². The summed E-state index contributed by atoms with van der Waals surface area (Å²) >= 11 is 0. The first-order chi connectivity index (χ1) is 12.8. The summed E-state index contributed by atoms with van der Waals surface area (Å²) in [6, 6.07) is 6.90. The average Bonchev–Trinajstić information content (AvgIpc) is 3.06. The van der Waals surface area contributed by atoms with E-state index in [1.165, 1.54) is 18.0 Å². The minimum atomic E-state index is -0.413. The number of hydrogen-bond donors (Lipinski definition) is 2. The molecule has 0 radical (unpaired) electrons. The zero-order chi connectivity index (χ0) is 19.6. The van der Waals surface area contributed by atoms with Crippen LogP contribution in [0.4, 0.5) is 5.69 Å². The minimum absolute atomic E-state index is 0.0365. The predicted molar refractivity (Wildman–Crippen MR) is 101 cm³/mol. The van der Waals surface area contributed by atoms with E-state index in [9.17, 15) is 4.79 Å². The summed E-state index contributed by atoms with van der Waals surface area (Å²) in [5.41, 5.74) is 6.98. The zero-order valence-electron chi connectivity index (χ0n) is 15.6. The highest BCUT2D eigenvalue weighted by atomic mass is 16.5. The molecular formula is C18H21N7O2. The fourth-order valence-electron chi connectivity index (χ4n) is 2.31. The molecule has 3 aromatic heterocycles. The Morgan fingerprint density at radius 1 is 1.15 bits per heavy atom. The van der Waals surface area contributed by atoms with Crippen LogP contribution in [0.1, 0.15) is 31.4 Å².